The van der Waals surface area contributed by atoms with Gasteiger partial charge in [0.2, 0.25) is 5.91 Å². The van der Waals surface area contributed by atoms with Gasteiger partial charge < -0.3 is 24.8 Å². The Labute approximate surface area is 210 Å². The van der Waals surface area contributed by atoms with E-state index < -0.39 is 5.41 Å². The predicted molar refractivity (Wildman–Crippen MR) is 136 cm³/mol. The Morgan fingerprint density at radius 3 is 2.54 bits per heavy atom. The van der Waals surface area contributed by atoms with Crippen LogP contribution < -0.4 is 5.32 Å². The van der Waals surface area contributed by atoms with Crippen LogP contribution in [0.25, 0.3) is 22.5 Å². The summed E-state index contributed by atoms with van der Waals surface area (Å²) in [7, 11) is 0. The second-order valence-electron chi connectivity index (χ2n) is 9.70. The molecule has 2 aromatic heterocycles. The van der Waals surface area contributed by atoms with Crippen molar-refractivity contribution < 1.29 is 19.4 Å². The van der Waals surface area contributed by atoms with E-state index in [1.165, 1.54) is 0 Å². The normalized spacial score (nSPS) is 15.3. The number of benzene rings is 1. The third kappa shape index (κ3) is 5.86. The molecule has 0 bridgehead atoms. The zero-order chi connectivity index (χ0) is 25.0. The summed E-state index contributed by atoms with van der Waals surface area (Å²) in [5, 5.41) is 22.7. The summed E-state index contributed by atoms with van der Waals surface area (Å²) in [5.74, 6) is 1.44. The van der Waals surface area contributed by atoms with Crippen LogP contribution in [0.1, 0.15) is 32.4 Å². The van der Waals surface area contributed by atoms with Gasteiger partial charge in [0.1, 0.15) is 17.3 Å². The van der Waals surface area contributed by atoms with E-state index in [1.54, 1.807) is 24.5 Å². The molecule has 0 unspecified atom stereocenters. The van der Waals surface area contributed by atoms with Crippen molar-refractivity contribution in [2.24, 2.45) is 5.92 Å². The first-order valence-corrected chi connectivity index (χ1v) is 12.3. The Balaban J connectivity index is 1.54. The number of β-amino-alcohol motifs (C(OH)–C–C–N with tert-alkyl or cyclic N) is 1. The second kappa shape index (κ2) is 10.8. The quantitative estimate of drug-likeness (QED) is 0.425. The first kappa shape index (κ1) is 25.2. The first-order valence-electron chi connectivity index (χ1n) is 11.9. The number of phenols is 1. The van der Waals surface area contributed by atoms with Gasteiger partial charge in [-0.1, -0.05) is 31.5 Å². The van der Waals surface area contributed by atoms with E-state index >= 15 is 0 Å². The number of phenolic OH excluding ortho intramolecular Hbond substituents is 1. The molecule has 4 rings (SSSR count). The van der Waals surface area contributed by atoms with Crippen molar-refractivity contribution in [2.45, 2.75) is 32.1 Å². The van der Waals surface area contributed by atoms with Gasteiger partial charge in [0.15, 0.2) is 0 Å². The van der Waals surface area contributed by atoms with Gasteiger partial charge in [0.25, 0.3) is 0 Å². The molecular weight excluding hydrogens is 466 g/mol. The van der Waals surface area contributed by atoms with Gasteiger partial charge in [0.05, 0.1) is 11.6 Å². The zero-order valence-corrected chi connectivity index (χ0v) is 20.9. The van der Waals surface area contributed by atoms with Crippen LogP contribution in [0.5, 0.6) is 5.75 Å². The van der Waals surface area contributed by atoms with Gasteiger partial charge in [0, 0.05) is 47.9 Å². The van der Waals surface area contributed by atoms with Crippen LogP contribution in [0.2, 0.25) is 5.02 Å². The minimum absolute atomic E-state index is 0.00385. The summed E-state index contributed by atoms with van der Waals surface area (Å²) in [6.07, 6.45) is 5.00. The van der Waals surface area contributed by atoms with Crippen molar-refractivity contribution in [1.82, 2.24) is 15.2 Å². The van der Waals surface area contributed by atoms with Crippen LogP contribution in [0.4, 0.5) is 0 Å². The average molecular weight is 498 g/mol. The van der Waals surface area contributed by atoms with Crippen molar-refractivity contribution >= 4 is 17.5 Å². The maximum absolute atomic E-state index is 12.9. The molecule has 7 nitrogen and oxygen atoms in total. The molecular formula is C27H32ClN3O4. The number of hydrogen-bond donors (Lipinski definition) is 3. The lowest BCUT2D eigenvalue weighted by Gasteiger charge is -2.31. The highest BCUT2D eigenvalue weighted by Gasteiger charge is 2.30. The van der Waals surface area contributed by atoms with Crippen LogP contribution in [0.15, 0.2) is 53.2 Å². The van der Waals surface area contributed by atoms with Crippen LogP contribution in [0, 0.1) is 5.92 Å². The number of furan rings is 1. The van der Waals surface area contributed by atoms with E-state index in [9.17, 15) is 9.90 Å². The standard InChI is InChI=1S/C27H32ClN3O4/c1-27(2,17-30-26(34)19-7-11-31(12-8-19)13-14-32)24-16-21(20-3-4-22(28)23(33)15-20)25(35-24)18-5-9-29-10-6-18/h3-6,9-10,15-16,19,32-33H,7-8,11-14,17H2,1-2H3,(H,30,34). The molecule has 1 aliphatic rings. The minimum atomic E-state index is -0.470. The highest BCUT2D eigenvalue weighted by molar-refractivity contribution is 6.32. The number of amides is 1. The van der Waals surface area contributed by atoms with Gasteiger partial charge in [-0.05, 0) is 61.8 Å². The average Bonchev–Trinajstić information content (AvgIpc) is 3.32. The number of carbonyl (C=O) groups is 1. The number of pyridine rings is 1. The molecule has 3 heterocycles. The Bertz CT molecular complexity index is 1150. The first-order chi connectivity index (χ1) is 16.8. The summed E-state index contributed by atoms with van der Waals surface area (Å²) < 4.78 is 6.38. The summed E-state index contributed by atoms with van der Waals surface area (Å²) in [4.78, 5) is 19.2. The number of aromatic nitrogens is 1. The van der Waals surface area contributed by atoms with Crippen molar-refractivity contribution in [3.8, 4) is 28.2 Å². The molecule has 1 amide bonds. The lowest BCUT2D eigenvalue weighted by Crippen LogP contribution is -2.44. The highest BCUT2D eigenvalue weighted by atomic mass is 35.5. The number of aliphatic hydroxyl groups excluding tert-OH is 1. The second-order valence-corrected chi connectivity index (χ2v) is 10.1. The fourth-order valence-corrected chi connectivity index (χ4v) is 4.55. The van der Waals surface area contributed by atoms with E-state index in [-0.39, 0.29) is 29.2 Å². The number of piperidine rings is 1. The van der Waals surface area contributed by atoms with E-state index in [4.69, 9.17) is 21.1 Å². The lowest BCUT2D eigenvalue weighted by molar-refractivity contribution is -0.126. The van der Waals surface area contributed by atoms with Gasteiger partial charge in [-0.3, -0.25) is 9.78 Å². The van der Waals surface area contributed by atoms with E-state index in [1.807, 2.05) is 38.1 Å². The molecule has 0 radical (unpaired) electrons. The number of nitrogens with one attached hydrogen (secondary N) is 1. The third-order valence-corrected chi connectivity index (χ3v) is 7.00. The summed E-state index contributed by atoms with van der Waals surface area (Å²) in [6, 6.07) is 10.9. The minimum Gasteiger partial charge on any atom is -0.506 e. The van der Waals surface area contributed by atoms with Crippen LogP contribution in [-0.4, -0.2) is 58.8 Å². The smallest absolute Gasteiger partial charge is 0.223 e. The number of carbonyl (C=O) groups excluding carboxylic acids is 1. The third-order valence-electron chi connectivity index (χ3n) is 6.68. The number of likely N-dealkylation sites (tertiary alicyclic amines) is 1. The maximum Gasteiger partial charge on any atom is 0.223 e. The van der Waals surface area contributed by atoms with E-state index in [0.717, 1.165) is 48.4 Å². The molecule has 3 aromatic rings. The van der Waals surface area contributed by atoms with Crippen molar-refractivity contribution in [3.05, 3.63) is 59.6 Å². The van der Waals surface area contributed by atoms with E-state index in [0.29, 0.717) is 18.8 Å². The molecule has 35 heavy (non-hydrogen) atoms. The summed E-state index contributed by atoms with van der Waals surface area (Å²) in [5.41, 5.74) is 2.00. The molecule has 8 heteroatoms. The van der Waals surface area contributed by atoms with Crippen LogP contribution >= 0.6 is 11.6 Å². The molecule has 0 atom stereocenters. The Kier molecular flexibility index (Phi) is 7.79. The Morgan fingerprint density at radius 2 is 1.89 bits per heavy atom. The number of halogens is 1. The van der Waals surface area contributed by atoms with Gasteiger partial charge in [-0.25, -0.2) is 0 Å². The molecule has 1 fully saturated rings. The molecule has 1 aromatic carbocycles. The van der Waals surface area contributed by atoms with Crippen LogP contribution in [0.3, 0.4) is 0 Å². The fourth-order valence-electron chi connectivity index (χ4n) is 4.44. The Morgan fingerprint density at radius 1 is 1.17 bits per heavy atom. The molecule has 0 spiro atoms. The zero-order valence-electron chi connectivity index (χ0n) is 20.1. The largest absolute Gasteiger partial charge is 0.506 e. The molecule has 1 saturated heterocycles. The molecule has 0 aliphatic carbocycles. The Hall–Kier alpha value is -2.87. The van der Waals surface area contributed by atoms with Crippen molar-refractivity contribution in [2.75, 3.05) is 32.8 Å². The fraction of sp³-hybridized carbons (Fsp3) is 0.407. The van der Waals surface area contributed by atoms with Gasteiger partial charge >= 0.3 is 0 Å². The number of rotatable bonds is 8. The van der Waals surface area contributed by atoms with Gasteiger partial charge in [-0.2, -0.15) is 0 Å². The number of aromatic hydroxyl groups is 1. The van der Waals surface area contributed by atoms with Crippen molar-refractivity contribution in [1.29, 1.82) is 0 Å². The topological polar surface area (TPSA) is 98.8 Å². The number of nitrogens with zero attached hydrogens (tertiary/aromatic N) is 2. The number of hydrogen-bond acceptors (Lipinski definition) is 6. The van der Waals surface area contributed by atoms with Crippen molar-refractivity contribution in [3.63, 3.8) is 0 Å². The number of aliphatic hydroxyl groups is 1. The summed E-state index contributed by atoms with van der Waals surface area (Å²) in [6.45, 7) is 6.96. The SMILES string of the molecule is CC(C)(CNC(=O)C1CCN(CCO)CC1)c1cc(-c2ccc(Cl)c(O)c2)c(-c2ccncc2)o1. The monoisotopic (exact) mass is 497 g/mol. The maximum atomic E-state index is 12.9. The van der Waals surface area contributed by atoms with Gasteiger partial charge in [-0.15, -0.1) is 0 Å². The molecule has 0 saturated carbocycles. The predicted octanol–water partition coefficient (Wildman–Crippen LogP) is 4.47. The molecule has 1 aliphatic heterocycles. The molecule has 3 N–H and O–H groups in total. The highest BCUT2D eigenvalue weighted by Crippen LogP contribution is 2.40. The van der Waals surface area contributed by atoms with E-state index in [2.05, 4.69) is 15.2 Å². The molecule has 186 valence electrons. The lowest BCUT2D eigenvalue weighted by atomic mass is 9.88. The van der Waals surface area contributed by atoms with Crippen LogP contribution in [-0.2, 0) is 10.2 Å². The summed E-state index contributed by atoms with van der Waals surface area (Å²) >= 11 is 6.03.